The molecule has 0 aliphatic carbocycles. The monoisotopic (exact) mass is 302 g/mol. The highest BCUT2D eigenvalue weighted by Gasteiger charge is 2.30. The third-order valence-electron chi connectivity index (χ3n) is 3.58. The van der Waals surface area contributed by atoms with Crippen LogP contribution < -0.4 is 5.73 Å². The molecule has 2 aromatic carbocycles. The highest BCUT2D eigenvalue weighted by atomic mass is 19.4. The van der Waals surface area contributed by atoms with Gasteiger partial charge in [0.25, 0.3) is 0 Å². The first kappa shape index (κ1) is 14.4. The van der Waals surface area contributed by atoms with Gasteiger partial charge in [0.15, 0.2) is 0 Å². The summed E-state index contributed by atoms with van der Waals surface area (Å²) >= 11 is 0. The molecule has 0 unspecified atom stereocenters. The summed E-state index contributed by atoms with van der Waals surface area (Å²) < 4.78 is 38.4. The van der Waals surface area contributed by atoms with Gasteiger partial charge in [-0.3, -0.25) is 0 Å². The molecule has 1 aromatic heterocycles. The molecule has 0 aliphatic heterocycles. The fraction of sp³-hybridized carbons (Fsp3) is 0.118. The molecule has 112 valence electrons. The van der Waals surface area contributed by atoms with Gasteiger partial charge in [0, 0.05) is 16.6 Å². The minimum atomic E-state index is -4.37. The van der Waals surface area contributed by atoms with Gasteiger partial charge in [-0.05, 0) is 42.8 Å². The van der Waals surface area contributed by atoms with Crippen molar-refractivity contribution in [3.8, 4) is 11.3 Å². The molecule has 2 nitrogen and oxygen atoms in total. The number of alkyl halides is 3. The van der Waals surface area contributed by atoms with Crippen LogP contribution in [0.4, 0.5) is 18.9 Å². The molecule has 0 atom stereocenters. The molecular formula is C17H13F3N2. The summed E-state index contributed by atoms with van der Waals surface area (Å²) in [5.41, 5.74) is 8.43. The van der Waals surface area contributed by atoms with E-state index in [9.17, 15) is 13.2 Å². The minimum Gasteiger partial charge on any atom is -0.399 e. The van der Waals surface area contributed by atoms with Gasteiger partial charge in [-0.1, -0.05) is 18.2 Å². The maximum atomic E-state index is 12.8. The van der Waals surface area contributed by atoms with Crippen LogP contribution >= 0.6 is 0 Å². The van der Waals surface area contributed by atoms with Crippen molar-refractivity contribution in [3.63, 3.8) is 0 Å². The molecule has 2 N–H and O–H groups in total. The molecular weight excluding hydrogens is 289 g/mol. The van der Waals surface area contributed by atoms with Crippen molar-refractivity contribution in [2.75, 3.05) is 5.73 Å². The Bertz CT molecular complexity index is 854. The number of rotatable bonds is 1. The number of anilines is 1. The van der Waals surface area contributed by atoms with E-state index in [0.717, 1.165) is 23.3 Å². The van der Waals surface area contributed by atoms with Crippen molar-refractivity contribution in [1.29, 1.82) is 0 Å². The number of benzene rings is 2. The number of halogens is 3. The predicted octanol–water partition coefficient (Wildman–Crippen LogP) is 4.81. The van der Waals surface area contributed by atoms with Crippen LogP contribution in [0, 0.1) is 6.92 Å². The SMILES string of the molecule is Cc1cc(-c2ccc3ccc(C(F)(F)F)cc3n2)ccc1N. The minimum absolute atomic E-state index is 0.321. The molecule has 0 saturated carbocycles. The molecule has 0 amide bonds. The molecule has 0 radical (unpaired) electrons. The van der Waals surface area contributed by atoms with Crippen molar-refractivity contribution in [1.82, 2.24) is 4.98 Å². The molecule has 0 aliphatic rings. The van der Waals surface area contributed by atoms with Crippen molar-refractivity contribution < 1.29 is 13.2 Å². The normalized spacial score (nSPS) is 11.8. The smallest absolute Gasteiger partial charge is 0.399 e. The fourth-order valence-electron chi connectivity index (χ4n) is 2.29. The lowest BCUT2D eigenvalue weighted by atomic mass is 10.0. The summed E-state index contributed by atoms with van der Waals surface area (Å²) in [5.74, 6) is 0. The number of hydrogen-bond donors (Lipinski definition) is 1. The topological polar surface area (TPSA) is 38.9 Å². The molecule has 0 spiro atoms. The number of nitrogens with two attached hydrogens (primary N) is 1. The summed E-state index contributed by atoms with van der Waals surface area (Å²) in [4.78, 5) is 4.35. The fourth-order valence-corrected chi connectivity index (χ4v) is 2.29. The van der Waals surface area contributed by atoms with Crippen LogP contribution in [0.25, 0.3) is 22.2 Å². The Morgan fingerprint density at radius 2 is 1.68 bits per heavy atom. The maximum Gasteiger partial charge on any atom is 0.416 e. The molecule has 3 aromatic rings. The Morgan fingerprint density at radius 3 is 2.36 bits per heavy atom. The third-order valence-corrected chi connectivity index (χ3v) is 3.58. The van der Waals surface area contributed by atoms with Gasteiger partial charge in [0.1, 0.15) is 0 Å². The van der Waals surface area contributed by atoms with Crippen LogP contribution in [0.15, 0.2) is 48.5 Å². The van der Waals surface area contributed by atoms with Gasteiger partial charge in [0.2, 0.25) is 0 Å². The second kappa shape index (κ2) is 5.02. The Morgan fingerprint density at radius 1 is 0.955 bits per heavy atom. The van der Waals surface area contributed by atoms with Crippen LogP contribution in [0.1, 0.15) is 11.1 Å². The van der Waals surface area contributed by atoms with E-state index in [1.54, 1.807) is 18.2 Å². The van der Waals surface area contributed by atoms with Crippen LogP contribution in [0.3, 0.4) is 0 Å². The number of hydrogen-bond acceptors (Lipinski definition) is 2. The van der Waals surface area contributed by atoms with Crippen molar-refractivity contribution in [2.24, 2.45) is 0 Å². The maximum absolute atomic E-state index is 12.8. The number of fused-ring (bicyclic) bond motifs is 1. The Balaban J connectivity index is 2.13. The Kier molecular flexibility index (Phi) is 3.28. The van der Waals surface area contributed by atoms with E-state index in [-0.39, 0.29) is 0 Å². The van der Waals surface area contributed by atoms with Crippen LogP contribution in [0.2, 0.25) is 0 Å². The van der Waals surface area contributed by atoms with E-state index in [2.05, 4.69) is 4.98 Å². The van der Waals surface area contributed by atoms with Crippen molar-refractivity contribution in [3.05, 3.63) is 59.7 Å². The van der Waals surface area contributed by atoms with Gasteiger partial charge >= 0.3 is 6.18 Å². The van der Waals surface area contributed by atoms with E-state index in [1.807, 2.05) is 19.1 Å². The molecule has 22 heavy (non-hydrogen) atoms. The summed E-state index contributed by atoms with van der Waals surface area (Å²) in [6, 6.07) is 12.6. The van der Waals surface area contributed by atoms with Crippen molar-refractivity contribution in [2.45, 2.75) is 13.1 Å². The third kappa shape index (κ3) is 2.62. The second-order valence-corrected chi connectivity index (χ2v) is 5.17. The number of nitrogen functional groups attached to an aromatic ring is 1. The Hall–Kier alpha value is -2.56. The van der Waals surface area contributed by atoms with Crippen LogP contribution in [-0.2, 0) is 6.18 Å². The molecule has 5 heteroatoms. The highest BCUT2D eigenvalue weighted by Crippen LogP contribution is 2.32. The zero-order valence-corrected chi connectivity index (χ0v) is 11.8. The number of aromatic nitrogens is 1. The quantitative estimate of drug-likeness (QED) is 0.655. The largest absolute Gasteiger partial charge is 0.416 e. The molecule has 0 fully saturated rings. The number of pyridine rings is 1. The Labute approximate surface area is 125 Å². The summed E-state index contributed by atoms with van der Waals surface area (Å²) in [5, 5.41) is 0.670. The van der Waals surface area contributed by atoms with Crippen LogP contribution in [-0.4, -0.2) is 4.98 Å². The summed E-state index contributed by atoms with van der Waals surface area (Å²) in [7, 11) is 0. The first-order valence-electron chi connectivity index (χ1n) is 6.69. The zero-order valence-electron chi connectivity index (χ0n) is 11.8. The standard InChI is InChI=1S/C17H13F3N2/c1-10-8-12(3-6-14(10)21)15-7-4-11-2-5-13(17(18,19)20)9-16(11)22-15/h2-9H,21H2,1H3. The lowest BCUT2D eigenvalue weighted by molar-refractivity contribution is -0.137. The van der Waals surface area contributed by atoms with E-state index >= 15 is 0 Å². The van der Waals surface area contributed by atoms with Gasteiger partial charge in [-0.2, -0.15) is 13.2 Å². The van der Waals surface area contributed by atoms with Crippen LogP contribution in [0.5, 0.6) is 0 Å². The average molecular weight is 302 g/mol. The van der Waals surface area contributed by atoms with E-state index in [1.165, 1.54) is 6.07 Å². The first-order chi connectivity index (χ1) is 10.3. The summed E-state index contributed by atoms with van der Waals surface area (Å²) in [6.07, 6.45) is -4.37. The van der Waals surface area contributed by atoms with Gasteiger partial charge < -0.3 is 5.73 Å². The van der Waals surface area contributed by atoms with Crippen molar-refractivity contribution >= 4 is 16.6 Å². The average Bonchev–Trinajstić information content (AvgIpc) is 2.48. The van der Waals surface area contributed by atoms with Gasteiger partial charge in [0.05, 0.1) is 16.8 Å². The number of aryl methyl sites for hydroxylation is 1. The van der Waals surface area contributed by atoms with E-state index < -0.39 is 11.7 Å². The second-order valence-electron chi connectivity index (χ2n) is 5.17. The van der Waals surface area contributed by atoms with Gasteiger partial charge in [-0.25, -0.2) is 4.98 Å². The predicted molar refractivity (Wildman–Crippen MR) is 81.3 cm³/mol. The molecule has 0 bridgehead atoms. The molecule has 0 saturated heterocycles. The molecule has 3 rings (SSSR count). The zero-order chi connectivity index (χ0) is 15.9. The highest BCUT2D eigenvalue weighted by molar-refractivity contribution is 5.82. The van der Waals surface area contributed by atoms with E-state index in [0.29, 0.717) is 22.3 Å². The molecule has 1 heterocycles. The lowest BCUT2D eigenvalue weighted by Crippen LogP contribution is -2.04. The first-order valence-corrected chi connectivity index (χ1v) is 6.69. The van der Waals surface area contributed by atoms with E-state index in [4.69, 9.17) is 5.73 Å². The summed E-state index contributed by atoms with van der Waals surface area (Å²) in [6.45, 7) is 1.88. The number of nitrogens with zero attached hydrogens (tertiary/aromatic N) is 1. The lowest BCUT2D eigenvalue weighted by Gasteiger charge is -2.09. The van der Waals surface area contributed by atoms with Gasteiger partial charge in [-0.15, -0.1) is 0 Å².